The van der Waals surface area contributed by atoms with E-state index in [1.54, 1.807) is 30.3 Å². The number of carbonyl (C=O) groups is 1. The van der Waals surface area contributed by atoms with Gasteiger partial charge in [0, 0.05) is 11.3 Å². The number of nitrogens with zero attached hydrogens (tertiary/aromatic N) is 1. The Morgan fingerprint density at radius 1 is 1.07 bits per heavy atom. The van der Waals surface area contributed by atoms with E-state index in [1.165, 1.54) is 0 Å². The number of hydrogen-bond acceptors (Lipinski definition) is 4. The van der Waals surface area contributed by atoms with Crippen LogP contribution in [0.3, 0.4) is 0 Å². The van der Waals surface area contributed by atoms with Crippen molar-refractivity contribution in [3.63, 3.8) is 0 Å². The summed E-state index contributed by atoms with van der Waals surface area (Å²) in [4.78, 5) is 23.3. The summed E-state index contributed by atoms with van der Waals surface area (Å²) in [6, 6.07) is 17.9. The predicted molar refractivity (Wildman–Crippen MR) is 111 cm³/mol. The van der Waals surface area contributed by atoms with Gasteiger partial charge in [0.2, 0.25) is 0 Å². The number of ether oxygens (including phenoxy) is 1. The van der Waals surface area contributed by atoms with Crippen LogP contribution in [-0.4, -0.2) is 5.91 Å². The van der Waals surface area contributed by atoms with Crippen molar-refractivity contribution in [1.82, 2.24) is 0 Å². The molecule has 0 heterocycles. The molecule has 0 unspecified atom stereocenters. The summed E-state index contributed by atoms with van der Waals surface area (Å²) < 4.78 is 5.78. The molecule has 0 saturated carbocycles. The van der Waals surface area contributed by atoms with Gasteiger partial charge >= 0.3 is 0 Å². The summed E-state index contributed by atoms with van der Waals surface area (Å²) in [5.41, 5.74) is 3.53. The Kier molecular flexibility index (Phi) is 6.06. The maximum absolute atomic E-state index is 12.7. The second-order valence-corrected chi connectivity index (χ2v) is 6.81. The lowest BCUT2D eigenvalue weighted by atomic mass is 10.0. The molecule has 0 atom stereocenters. The number of rotatable bonds is 6. The topological polar surface area (TPSA) is 67.8 Å². The summed E-state index contributed by atoms with van der Waals surface area (Å²) in [5, 5.41) is 6.09. The molecule has 28 heavy (non-hydrogen) atoms. The standard InChI is InChI=1S/C22H19ClN2O3/c1-14-6-9-17(10-7-14)28-21-11-8-16(12-20(21)23)25-22(26)18-5-3-4-15(2)19(18)13-24-27/h3-12H,13H2,1-2H3,(H,25,26). The van der Waals surface area contributed by atoms with E-state index in [1.807, 2.05) is 44.2 Å². The molecule has 0 aliphatic heterocycles. The maximum atomic E-state index is 12.7. The number of anilines is 1. The van der Waals surface area contributed by atoms with E-state index in [2.05, 4.69) is 10.5 Å². The minimum Gasteiger partial charge on any atom is -0.456 e. The smallest absolute Gasteiger partial charge is 0.256 e. The number of hydrogen-bond donors (Lipinski definition) is 1. The van der Waals surface area contributed by atoms with Gasteiger partial charge in [-0.1, -0.05) is 46.6 Å². The van der Waals surface area contributed by atoms with E-state index in [0.717, 1.165) is 11.1 Å². The average Bonchev–Trinajstić information content (AvgIpc) is 2.67. The molecule has 5 nitrogen and oxygen atoms in total. The fraction of sp³-hybridized carbons (Fsp3) is 0.136. The Morgan fingerprint density at radius 2 is 1.82 bits per heavy atom. The van der Waals surface area contributed by atoms with Crippen molar-refractivity contribution in [2.24, 2.45) is 5.18 Å². The van der Waals surface area contributed by atoms with Gasteiger partial charge in [0.25, 0.3) is 5.91 Å². The van der Waals surface area contributed by atoms with Gasteiger partial charge in [0.15, 0.2) is 0 Å². The first-order chi connectivity index (χ1) is 13.5. The second-order valence-electron chi connectivity index (χ2n) is 6.40. The Morgan fingerprint density at radius 3 is 2.50 bits per heavy atom. The van der Waals surface area contributed by atoms with E-state index in [9.17, 15) is 9.70 Å². The zero-order valence-electron chi connectivity index (χ0n) is 15.5. The molecule has 0 radical (unpaired) electrons. The third-order valence-corrected chi connectivity index (χ3v) is 4.61. The largest absolute Gasteiger partial charge is 0.456 e. The van der Waals surface area contributed by atoms with Crippen LogP contribution in [0, 0.1) is 18.8 Å². The number of benzene rings is 3. The quantitative estimate of drug-likeness (QED) is 0.501. The molecule has 1 N–H and O–H groups in total. The summed E-state index contributed by atoms with van der Waals surface area (Å²) in [7, 11) is 0. The summed E-state index contributed by atoms with van der Waals surface area (Å²) in [6.45, 7) is 3.78. The molecule has 0 aliphatic carbocycles. The molecule has 1 amide bonds. The lowest BCUT2D eigenvalue weighted by Crippen LogP contribution is -2.15. The molecule has 3 aromatic carbocycles. The Labute approximate surface area is 168 Å². The van der Waals surface area contributed by atoms with E-state index in [-0.39, 0.29) is 12.5 Å². The van der Waals surface area contributed by atoms with E-state index >= 15 is 0 Å². The predicted octanol–water partition coefficient (Wildman–Crippen LogP) is 6.27. The minimum atomic E-state index is -0.328. The Bertz CT molecular complexity index is 1020. The minimum absolute atomic E-state index is 0.0560. The highest BCUT2D eigenvalue weighted by molar-refractivity contribution is 6.32. The monoisotopic (exact) mass is 394 g/mol. The molecular weight excluding hydrogens is 376 g/mol. The van der Waals surface area contributed by atoms with Crippen LogP contribution in [0.1, 0.15) is 27.0 Å². The molecule has 142 valence electrons. The van der Waals surface area contributed by atoms with Crippen LogP contribution >= 0.6 is 11.6 Å². The SMILES string of the molecule is Cc1ccc(Oc2ccc(NC(=O)c3cccc(C)c3CN=O)cc2Cl)cc1. The van der Waals surface area contributed by atoms with Crippen LogP contribution in [0.4, 0.5) is 5.69 Å². The average molecular weight is 395 g/mol. The Hall–Kier alpha value is -3.18. The number of nitroso groups, excluding NO2 is 1. The molecule has 3 aromatic rings. The van der Waals surface area contributed by atoms with Gasteiger partial charge < -0.3 is 10.1 Å². The zero-order chi connectivity index (χ0) is 20.1. The summed E-state index contributed by atoms with van der Waals surface area (Å²) in [6.07, 6.45) is 0. The number of amides is 1. The molecule has 3 rings (SSSR count). The number of nitrogens with one attached hydrogen (secondary N) is 1. The van der Waals surface area contributed by atoms with Crippen LogP contribution in [0.2, 0.25) is 5.02 Å². The van der Waals surface area contributed by atoms with Crippen LogP contribution in [0.5, 0.6) is 11.5 Å². The number of carbonyl (C=O) groups excluding carboxylic acids is 1. The molecule has 6 heteroatoms. The highest BCUT2D eigenvalue weighted by Gasteiger charge is 2.14. The third kappa shape index (κ3) is 4.56. The van der Waals surface area contributed by atoms with Crippen molar-refractivity contribution in [3.8, 4) is 11.5 Å². The van der Waals surface area contributed by atoms with Crippen LogP contribution in [0.25, 0.3) is 0 Å². The zero-order valence-corrected chi connectivity index (χ0v) is 16.3. The van der Waals surface area contributed by atoms with Crippen LogP contribution < -0.4 is 10.1 Å². The van der Waals surface area contributed by atoms with Crippen molar-refractivity contribution in [2.75, 3.05) is 5.32 Å². The van der Waals surface area contributed by atoms with Gasteiger partial charge in [-0.3, -0.25) is 4.79 Å². The van der Waals surface area contributed by atoms with Gasteiger partial charge in [-0.2, -0.15) is 4.91 Å². The van der Waals surface area contributed by atoms with Crippen LogP contribution in [0.15, 0.2) is 65.8 Å². The van der Waals surface area contributed by atoms with E-state index in [4.69, 9.17) is 16.3 Å². The first-order valence-corrected chi connectivity index (χ1v) is 9.09. The van der Waals surface area contributed by atoms with Crippen molar-refractivity contribution < 1.29 is 9.53 Å². The molecule has 0 saturated heterocycles. The third-order valence-electron chi connectivity index (χ3n) is 4.32. The van der Waals surface area contributed by atoms with Crippen molar-refractivity contribution in [2.45, 2.75) is 20.4 Å². The number of halogens is 1. The molecular formula is C22H19ClN2O3. The fourth-order valence-corrected chi connectivity index (χ4v) is 3.00. The highest BCUT2D eigenvalue weighted by atomic mass is 35.5. The fourth-order valence-electron chi connectivity index (χ4n) is 2.78. The molecule has 0 spiro atoms. The first-order valence-electron chi connectivity index (χ1n) is 8.71. The van der Waals surface area contributed by atoms with Gasteiger partial charge in [-0.25, -0.2) is 0 Å². The van der Waals surface area contributed by atoms with Gasteiger partial charge in [-0.15, -0.1) is 0 Å². The Balaban J connectivity index is 1.77. The summed E-state index contributed by atoms with van der Waals surface area (Å²) >= 11 is 6.31. The van der Waals surface area contributed by atoms with Crippen molar-refractivity contribution in [1.29, 1.82) is 0 Å². The van der Waals surface area contributed by atoms with E-state index in [0.29, 0.717) is 33.3 Å². The summed E-state index contributed by atoms with van der Waals surface area (Å²) in [5.74, 6) is 0.839. The number of aryl methyl sites for hydroxylation is 2. The van der Waals surface area contributed by atoms with Gasteiger partial charge in [0.1, 0.15) is 18.0 Å². The second kappa shape index (κ2) is 8.67. The first kappa shape index (κ1) is 19.6. The lowest BCUT2D eigenvalue weighted by molar-refractivity contribution is 0.102. The van der Waals surface area contributed by atoms with Gasteiger partial charge in [-0.05, 0) is 61.4 Å². The van der Waals surface area contributed by atoms with Crippen molar-refractivity contribution in [3.05, 3.63) is 92.8 Å². The molecule has 0 aromatic heterocycles. The highest BCUT2D eigenvalue weighted by Crippen LogP contribution is 2.32. The van der Waals surface area contributed by atoms with E-state index < -0.39 is 0 Å². The molecule has 0 bridgehead atoms. The molecule has 0 fully saturated rings. The van der Waals surface area contributed by atoms with Crippen molar-refractivity contribution >= 4 is 23.2 Å². The maximum Gasteiger partial charge on any atom is 0.256 e. The van der Waals surface area contributed by atoms with Crippen LogP contribution in [-0.2, 0) is 6.54 Å². The molecule has 0 aliphatic rings. The lowest BCUT2D eigenvalue weighted by Gasteiger charge is -2.12. The van der Waals surface area contributed by atoms with Gasteiger partial charge in [0.05, 0.1) is 5.02 Å². The normalized spacial score (nSPS) is 10.4.